The average molecular weight is 458 g/mol. The maximum atomic E-state index is 13.8. The van der Waals surface area contributed by atoms with Crippen LogP contribution in [-0.4, -0.2) is 29.7 Å². The number of rotatable bonds is 4. The summed E-state index contributed by atoms with van der Waals surface area (Å²) < 4.78 is 26.6. The second kappa shape index (κ2) is 8.94. The van der Waals surface area contributed by atoms with Gasteiger partial charge in [0.1, 0.15) is 17.3 Å². The molecule has 1 aliphatic heterocycles. The lowest BCUT2D eigenvalue weighted by molar-refractivity contribution is 0.194. The fourth-order valence-corrected chi connectivity index (χ4v) is 4.42. The van der Waals surface area contributed by atoms with Crippen molar-refractivity contribution < 1.29 is 18.7 Å². The van der Waals surface area contributed by atoms with Crippen LogP contribution in [0.15, 0.2) is 85.1 Å². The van der Waals surface area contributed by atoms with Gasteiger partial charge in [-0.25, -0.2) is 9.18 Å². The van der Waals surface area contributed by atoms with Gasteiger partial charge in [0.15, 0.2) is 0 Å². The van der Waals surface area contributed by atoms with E-state index in [1.165, 1.54) is 12.1 Å². The second-order valence-corrected chi connectivity index (χ2v) is 8.01. The summed E-state index contributed by atoms with van der Waals surface area (Å²) in [4.78, 5) is 15.5. The number of urea groups is 1. The van der Waals surface area contributed by atoms with E-state index >= 15 is 0 Å². The van der Waals surface area contributed by atoms with E-state index in [4.69, 9.17) is 9.47 Å². The molecule has 34 heavy (non-hydrogen) atoms. The number of carbonyl (C=O) groups is 1. The number of nitrogens with one attached hydrogen (secondary N) is 1. The first-order valence-corrected chi connectivity index (χ1v) is 10.9. The van der Waals surface area contributed by atoms with Gasteiger partial charge in [0.2, 0.25) is 0 Å². The molecule has 0 spiro atoms. The van der Waals surface area contributed by atoms with Gasteiger partial charge in [0.25, 0.3) is 0 Å². The zero-order chi connectivity index (χ0) is 23.7. The highest BCUT2D eigenvalue weighted by molar-refractivity contribution is 5.92. The zero-order valence-corrected chi connectivity index (χ0v) is 18.9. The standard InChI is InChI=1S/C27H24FN3O3/c1-33-21-13-14-22(25(16-21)34-2)29-27(32)31-17-19-6-3-4-7-23(19)30-15-5-8-24(30)26(31)18-9-11-20(28)12-10-18/h3-16,26H,17H2,1-2H3,(H,29,32)/t26-/m1/s1. The molecular weight excluding hydrogens is 433 g/mol. The molecule has 1 aromatic heterocycles. The van der Waals surface area contributed by atoms with Crippen LogP contribution in [0.2, 0.25) is 0 Å². The van der Waals surface area contributed by atoms with Crippen LogP contribution in [-0.2, 0) is 6.54 Å². The van der Waals surface area contributed by atoms with Crippen molar-refractivity contribution in [3.63, 3.8) is 0 Å². The highest BCUT2D eigenvalue weighted by Crippen LogP contribution is 2.37. The summed E-state index contributed by atoms with van der Waals surface area (Å²) in [5.41, 5.74) is 4.26. The maximum Gasteiger partial charge on any atom is 0.323 e. The first kappa shape index (κ1) is 21.6. The molecule has 4 aromatic rings. The monoisotopic (exact) mass is 457 g/mol. The van der Waals surface area contributed by atoms with E-state index in [0.29, 0.717) is 23.7 Å². The van der Waals surface area contributed by atoms with E-state index in [2.05, 4.69) is 9.88 Å². The number of para-hydroxylation sites is 1. The highest BCUT2D eigenvalue weighted by Gasteiger charge is 2.33. The molecule has 3 aromatic carbocycles. The normalized spacial score (nSPS) is 14.6. The van der Waals surface area contributed by atoms with Crippen LogP contribution in [0.25, 0.3) is 5.69 Å². The zero-order valence-electron chi connectivity index (χ0n) is 18.9. The molecular formula is C27H24FN3O3. The van der Waals surface area contributed by atoms with Gasteiger partial charge in [-0.05, 0) is 53.6 Å². The Morgan fingerprint density at radius 3 is 2.53 bits per heavy atom. The summed E-state index contributed by atoms with van der Waals surface area (Å²) in [6.07, 6.45) is 1.98. The topological polar surface area (TPSA) is 55.7 Å². The van der Waals surface area contributed by atoms with E-state index in [-0.39, 0.29) is 11.8 Å². The van der Waals surface area contributed by atoms with Crippen LogP contribution in [0.1, 0.15) is 22.9 Å². The van der Waals surface area contributed by atoms with Crippen molar-refractivity contribution in [3.05, 3.63) is 108 Å². The molecule has 7 heteroatoms. The lowest BCUT2D eigenvalue weighted by Gasteiger charge is -2.31. The molecule has 0 fully saturated rings. The second-order valence-electron chi connectivity index (χ2n) is 8.01. The Morgan fingerprint density at radius 2 is 1.76 bits per heavy atom. The van der Waals surface area contributed by atoms with Gasteiger partial charge in [-0.3, -0.25) is 0 Å². The summed E-state index contributed by atoms with van der Waals surface area (Å²) in [5.74, 6) is 0.792. The van der Waals surface area contributed by atoms with Gasteiger partial charge in [0.05, 0.1) is 38.2 Å². The molecule has 1 aliphatic rings. The van der Waals surface area contributed by atoms with Crippen molar-refractivity contribution in [1.82, 2.24) is 9.47 Å². The Bertz CT molecular complexity index is 1330. The van der Waals surface area contributed by atoms with Gasteiger partial charge in [-0.1, -0.05) is 30.3 Å². The minimum Gasteiger partial charge on any atom is -0.497 e. The van der Waals surface area contributed by atoms with E-state index in [1.54, 1.807) is 49.5 Å². The predicted octanol–water partition coefficient (Wildman–Crippen LogP) is 5.77. The van der Waals surface area contributed by atoms with Gasteiger partial charge >= 0.3 is 6.03 Å². The van der Waals surface area contributed by atoms with Gasteiger partial charge in [-0.15, -0.1) is 0 Å². The van der Waals surface area contributed by atoms with E-state index in [0.717, 1.165) is 22.5 Å². The summed E-state index contributed by atoms with van der Waals surface area (Å²) in [7, 11) is 3.12. The van der Waals surface area contributed by atoms with E-state index in [9.17, 15) is 9.18 Å². The number of benzene rings is 3. The van der Waals surface area contributed by atoms with E-state index < -0.39 is 6.04 Å². The number of ether oxygens (including phenoxy) is 2. The molecule has 2 heterocycles. The van der Waals surface area contributed by atoms with Crippen LogP contribution in [0, 0.1) is 5.82 Å². The molecule has 6 nitrogen and oxygen atoms in total. The molecule has 0 bridgehead atoms. The van der Waals surface area contributed by atoms with Crippen molar-refractivity contribution in [2.24, 2.45) is 0 Å². The third-order valence-electron chi connectivity index (χ3n) is 6.06. The Hall–Kier alpha value is -4.26. The minimum absolute atomic E-state index is 0.303. The number of aromatic nitrogens is 1. The molecule has 2 amide bonds. The quantitative estimate of drug-likeness (QED) is 0.423. The van der Waals surface area contributed by atoms with Gasteiger partial charge in [-0.2, -0.15) is 0 Å². The first-order valence-electron chi connectivity index (χ1n) is 10.9. The smallest absolute Gasteiger partial charge is 0.323 e. The van der Waals surface area contributed by atoms with Crippen molar-refractivity contribution >= 4 is 11.7 Å². The number of anilines is 1. The molecule has 0 saturated carbocycles. The van der Waals surface area contributed by atoms with Crippen LogP contribution in [0.4, 0.5) is 14.9 Å². The van der Waals surface area contributed by atoms with Crippen molar-refractivity contribution in [2.75, 3.05) is 19.5 Å². The van der Waals surface area contributed by atoms with E-state index in [1.807, 2.05) is 42.6 Å². The summed E-state index contributed by atoms with van der Waals surface area (Å²) in [6, 6.07) is 22.7. The van der Waals surface area contributed by atoms with Gasteiger partial charge < -0.3 is 24.3 Å². The molecule has 172 valence electrons. The third-order valence-corrected chi connectivity index (χ3v) is 6.06. The molecule has 5 rings (SSSR count). The SMILES string of the molecule is COc1ccc(NC(=O)N2Cc3ccccc3-n3cccc3[C@H]2c2ccc(F)cc2)c(OC)c1. The number of amides is 2. The van der Waals surface area contributed by atoms with Crippen molar-refractivity contribution in [2.45, 2.75) is 12.6 Å². The fourth-order valence-electron chi connectivity index (χ4n) is 4.42. The Labute approximate surface area is 197 Å². The van der Waals surface area contributed by atoms with Crippen LogP contribution in [0.3, 0.4) is 0 Å². The number of methoxy groups -OCH3 is 2. The molecule has 0 aliphatic carbocycles. The number of halogens is 1. The molecule has 1 atom stereocenters. The number of hydrogen-bond donors (Lipinski definition) is 1. The molecule has 0 unspecified atom stereocenters. The maximum absolute atomic E-state index is 13.8. The lowest BCUT2D eigenvalue weighted by Crippen LogP contribution is -2.38. The molecule has 1 N–H and O–H groups in total. The number of nitrogens with zero attached hydrogens (tertiary/aromatic N) is 2. The predicted molar refractivity (Wildman–Crippen MR) is 128 cm³/mol. The number of hydrogen-bond acceptors (Lipinski definition) is 3. The van der Waals surface area contributed by atoms with Crippen molar-refractivity contribution in [1.29, 1.82) is 0 Å². The average Bonchev–Trinajstić information content (AvgIpc) is 3.29. The first-order chi connectivity index (χ1) is 16.6. The minimum atomic E-state index is -0.438. The Morgan fingerprint density at radius 1 is 0.971 bits per heavy atom. The van der Waals surface area contributed by atoms with Crippen LogP contribution >= 0.6 is 0 Å². The molecule has 0 saturated heterocycles. The van der Waals surface area contributed by atoms with Gasteiger partial charge in [0, 0.05) is 18.0 Å². The Kier molecular flexibility index (Phi) is 5.67. The number of carbonyl (C=O) groups excluding carboxylic acids is 1. The third kappa shape index (κ3) is 3.85. The van der Waals surface area contributed by atoms with Crippen molar-refractivity contribution in [3.8, 4) is 17.2 Å². The summed E-state index contributed by atoms with van der Waals surface area (Å²) in [6.45, 7) is 0.365. The molecule has 0 radical (unpaired) electrons. The lowest BCUT2D eigenvalue weighted by atomic mass is 10.0. The van der Waals surface area contributed by atoms with Crippen LogP contribution < -0.4 is 14.8 Å². The van der Waals surface area contributed by atoms with Crippen LogP contribution in [0.5, 0.6) is 11.5 Å². The largest absolute Gasteiger partial charge is 0.497 e. The summed E-state index contributed by atoms with van der Waals surface area (Å²) in [5, 5.41) is 3.00. The Balaban J connectivity index is 1.60. The number of fused-ring (bicyclic) bond motifs is 3. The summed E-state index contributed by atoms with van der Waals surface area (Å²) >= 11 is 0. The fraction of sp³-hybridized carbons (Fsp3) is 0.148. The highest BCUT2D eigenvalue weighted by atomic mass is 19.1.